The zero-order valence-corrected chi connectivity index (χ0v) is 12.8. The molecule has 0 saturated heterocycles. The van der Waals surface area contributed by atoms with Crippen molar-refractivity contribution in [2.75, 3.05) is 0 Å². The van der Waals surface area contributed by atoms with Gasteiger partial charge in [0.15, 0.2) is 0 Å². The molecule has 1 N–H and O–H groups in total. The fraction of sp³-hybridized carbons (Fsp3) is 0.611. The number of carbonyl (C=O) groups is 1. The molecule has 0 radical (unpaired) electrons. The van der Waals surface area contributed by atoms with Crippen LogP contribution in [0.25, 0.3) is 0 Å². The van der Waals surface area contributed by atoms with E-state index >= 15 is 0 Å². The Morgan fingerprint density at radius 1 is 1.29 bits per heavy atom. The average molecular weight is 287 g/mol. The van der Waals surface area contributed by atoms with Gasteiger partial charge in [-0.3, -0.25) is 4.79 Å². The van der Waals surface area contributed by atoms with Gasteiger partial charge in [0.2, 0.25) is 0 Å². The molecule has 1 fully saturated rings. The lowest BCUT2D eigenvalue weighted by atomic mass is 9.84. The molecule has 1 aromatic rings. The van der Waals surface area contributed by atoms with Crippen LogP contribution < -0.4 is 0 Å². The maximum Gasteiger partial charge on any atom is 0.254 e. The summed E-state index contributed by atoms with van der Waals surface area (Å²) in [5, 5.41) is 9.59. The fourth-order valence-corrected chi connectivity index (χ4v) is 3.93. The number of hydrogen-bond donors (Lipinski definition) is 1. The summed E-state index contributed by atoms with van der Waals surface area (Å²) in [5.74, 6) is 1.07. The molecule has 1 unspecified atom stereocenters. The molecule has 1 aromatic carbocycles. The topological polar surface area (TPSA) is 40.5 Å². The number of nitrogens with zero attached hydrogens (tertiary/aromatic N) is 1. The van der Waals surface area contributed by atoms with E-state index in [1.807, 2.05) is 11.0 Å². The zero-order chi connectivity index (χ0) is 14.8. The van der Waals surface area contributed by atoms with Crippen LogP contribution in [0, 0.1) is 5.92 Å². The van der Waals surface area contributed by atoms with Crippen molar-refractivity contribution in [1.29, 1.82) is 0 Å². The molecule has 0 aromatic heterocycles. The Bertz CT molecular complexity index is 520. The van der Waals surface area contributed by atoms with E-state index in [1.165, 1.54) is 32.1 Å². The van der Waals surface area contributed by atoms with Crippen molar-refractivity contribution in [3.05, 3.63) is 29.3 Å². The molecule has 1 aliphatic heterocycles. The number of phenols is 1. The van der Waals surface area contributed by atoms with Crippen molar-refractivity contribution in [2.24, 2.45) is 5.92 Å². The summed E-state index contributed by atoms with van der Waals surface area (Å²) in [6.45, 7) is 2.89. The normalized spacial score (nSPS) is 20.6. The predicted molar refractivity (Wildman–Crippen MR) is 83.3 cm³/mol. The lowest BCUT2D eigenvalue weighted by Gasteiger charge is -2.32. The first-order chi connectivity index (χ1) is 10.2. The molecule has 2 aliphatic rings. The Morgan fingerprint density at radius 3 is 2.76 bits per heavy atom. The molecule has 1 heterocycles. The fourth-order valence-electron chi connectivity index (χ4n) is 3.93. The van der Waals surface area contributed by atoms with Gasteiger partial charge in [0.05, 0.1) is 0 Å². The summed E-state index contributed by atoms with van der Waals surface area (Å²) in [6.07, 6.45) is 8.88. The third kappa shape index (κ3) is 2.92. The maximum atomic E-state index is 12.6. The molecular formula is C18H25NO2. The zero-order valence-electron chi connectivity index (χ0n) is 12.8. The van der Waals surface area contributed by atoms with Crippen LogP contribution in [-0.4, -0.2) is 22.0 Å². The highest BCUT2D eigenvalue weighted by molar-refractivity contribution is 5.98. The molecule has 0 bridgehead atoms. The molecule has 114 valence electrons. The van der Waals surface area contributed by atoms with Gasteiger partial charge in [0.1, 0.15) is 5.75 Å². The van der Waals surface area contributed by atoms with Gasteiger partial charge in [0.25, 0.3) is 5.91 Å². The minimum absolute atomic E-state index is 0.101. The van der Waals surface area contributed by atoms with Crippen molar-refractivity contribution < 1.29 is 9.90 Å². The Labute approximate surface area is 127 Å². The molecule has 0 spiro atoms. The Balaban J connectivity index is 1.72. The first-order valence-corrected chi connectivity index (χ1v) is 8.32. The number of fused-ring (bicyclic) bond motifs is 1. The van der Waals surface area contributed by atoms with Crippen LogP contribution in [0.3, 0.4) is 0 Å². The lowest BCUT2D eigenvalue weighted by Crippen LogP contribution is -2.36. The summed E-state index contributed by atoms with van der Waals surface area (Å²) >= 11 is 0. The van der Waals surface area contributed by atoms with E-state index in [4.69, 9.17) is 0 Å². The number of rotatable bonds is 4. The number of phenolic OH excluding ortho intramolecular Hbond substituents is 1. The molecule has 1 aliphatic carbocycles. The summed E-state index contributed by atoms with van der Waals surface area (Å²) in [5.41, 5.74) is 1.75. The number of benzene rings is 1. The van der Waals surface area contributed by atoms with E-state index in [1.54, 1.807) is 12.1 Å². The highest BCUT2D eigenvalue weighted by Crippen LogP contribution is 2.33. The largest absolute Gasteiger partial charge is 0.508 e. The van der Waals surface area contributed by atoms with Crippen molar-refractivity contribution in [1.82, 2.24) is 4.90 Å². The molecule has 21 heavy (non-hydrogen) atoms. The van der Waals surface area contributed by atoms with Gasteiger partial charge in [-0.15, -0.1) is 0 Å². The van der Waals surface area contributed by atoms with Gasteiger partial charge in [-0.1, -0.05) is 45.1 Å². The van der Waals surface area contributed by atoms with E-state index < -0.39 is 0 Å². The van der Waals surface area contributed by atoms with Gasteiger partial charge >= 0.3 is 0 Å². The molecule has 1 amide bonds. The van der Waals surface area contributed by atoms with E-state index in [9.17, 15) is 9.90 Å². The first-order valence-electron chi connectivity index (χ1n) is 8.32. The van der Waals surface area contributed by atoms with Gasteiger partial charge in [-0.05, 0) is 36.5 Å². The molecule has 1 saturated carbocycles. The quantitative estimate of drug-likeness (QED) is 0.905. The Hall–Kier alpha value is -1.51. The highest BCUT2D eigenvalue weighted by atomic mass is 16.3. The van der Waals surface area contributed by atoms with Crippen LogP contribution in [0.1, 0.15) is 67.8 Å². The number of hydrogen-bond acceptors (Lipinski definition) is 2. The van der Waals surface area contributed by atoms with Crippen LogP contribution >= 0.6 is 0 Å². The molecule has 1 atom stereocenters. The smallest absolute Gasteiger partial charge is 0.254 e. The van der Waals surface area contributed by atoms with Crippen molar-refractivity contribution in [2.45, 2.75) is 64.5 Å². The van der Waals surface area contributed by atoms with E-state index in [0.717, 1.165) is 24.3 Å². The minimum Gasteiger partial charge on any atom is -0.508 e. The van der Waals surface area contributed by atoms with Crippen LogP contribution in [0.2, 0.25) is 0 Å². The second-order valence-corrected chi connectivity index (χ2v) is 6.58. The number of aromatic hydroxyl groups is 1. The van der Waals surface area contributed by atoms with Crippen LogP contribution in [0.5, 0.6) is 5.75 Å². The average Bonchev–Trinajstić information content (AvgIpc) is 2.83. The summed E-state index contributed by atoms with van der Waals surface area (Å²) in [7, 11) is 0. The van der Waals surface area contributed by atoms with E-state index in [2.05, 4.69) is 6.92 Å². The second kappa shape index (κ2) is 6.08. The molecule has 3 nitrogen and oxygen atoms in total. The van der Waals surface area contributed by atoms with Gasteiger partial charge in [-0.25, -0.2) is 0 Å². The van der Waals surface area contributed by atoms with Crippen LogP contribution in [0.4, 0.5) is 0 Å². The van der Waals surface area contributed by atoms with Crippen molar-refractivity contribution in [3.63, 3.8) is 0 Å². The van der Waals surface area contributed by atoms with Crippen molar-refractivity contribution >= 4 is 5.91 Å². The highest BCUT2D eigenvalue weighted by Gasteiger charge is 2.33. The summed E-state index contributed by atoms with van der Waals surface area (Å²) < 4.78 is 0. The Kier molecular flexibility index (Phi) is 4.18. The first kappa shape index (κ1) is 14.4. The maximum absolute atomic E-state index is 12.6. The van der Waals surface area contributed by atoms with Crippen LogP contribution in [0.15, 0.2) is 18.2 Å². The standard InChI is InChI=1S/C18H25NO2/c1-2-15(10-13-6-4-3-5-7-13)19-12-14-8-9-16(20)11-17(14)18(19)21/h8-9,11,13,15,20H,2-7,10,12H2,1H3. The number of amides is 1. The van der Waals surface area contributed by atoms with Crippen molar-refractivity contribution in [3.8, 4) is 5.75 Å². The monoisotopic (exact) mass is 287 g/mol. The second-order valence-electron chi connectivity index (χ2n) is 6.58. The molecule has 3 heteroatoms. The number of carbonyl (C=O) groups excluding carboxylic acids is 1. The third-order valence-corrected chi connectivity index (χ3v) is 5.17. The van der Waals surface area contributed by atoms with Gasteiger partial charge < -0.3 is 10.0 Å². The van der Waals surface area contributed by atoms with Crippen LogP contribution in [-0.2, 0) is 6.54 Å². The lowest BCUT2D eigenvalue weighted by molar-refractivity contribution is 0.0660. The molecular weight excluding hydrogens is 262 g/mol. The summed E-state index contributed by atoms with van der Waals surface area (Å²) in [6, 6.07) is 5.52. The summed E-state index contributed by atoms with van der Waals surface area (Å²) in [4.78, 5) is 14.6. The van der Waals surface area contributed by atoms with Gasteiger partial charge in [0, 0.05) is 18.2 Å². The third-order valence-electron chi connectivity index (χ3n) is 5.17. The van der Waals surface area contributed by atoms with Gasteiger partial charge in [-0.2, -0.15) is 0 Å². The SMILES string of the molecule is CCC(CC1CCCCC1)N1Cc2ccc(O)cc2C1=O. The van der Waals surface area contributed by atoms with E-state index in [-0.39, 0.29) is 11.7 Å². The van der Waals surface area contributed by atoms with E-state index in [0.29, 0.717) is 18.2 Å². The Morgan fingerprint density at radius 2 is 2.05 bits per heavy atom. The minimum atomic E-state index is 0.101. The predicted octanol–water partition coefficient (Wildman–Crippen LogP) is 4.10. The molecule has 3 rings (SSSR count).